The Balaban J connectivity index is 2.77. The number of benzene rings is 1. The SMILES string of the molecule is CN(C)Cc1c(O)c(O)cc2oc(=O)ccc12. The van der Waals surface area contributed by atoms with Crippen molar-refractivity contribution in [2.24, 2.45) is 0 Å². The molecule has 0 aliphatic carbocycles. The topological polar surface area (TPSA) is 73.9 Å². The largest absolute Gasteiger partial charge is 0.504 e. The van der Waals surface area contributed by atoms with Crippen LogP contribution in [0.3, 0.4) is 0 Å². The van der Waals surface area contributed by atoms with Gasteiger partial charge in [0.25, 0.3) is 0 Å². The lowest BCUT2D eigenvalue weighted by Gasteiger charge is -2.14. The first-order valence-corrected chi connectivity index (χ1v) is 5.11. The van der Waals surface area contributed by atoms with Gasteiger partial charge >= 0.3 is 5.63 Å². The average Bonchev–Trinajstić information content (AvgIpc) is 2.24. The van der Waals surface area contributed by atoms with Gasteiger partial charge < -0.3 is 19.5 Å². The quantitative estimate of drug-likeness (QED) is 0.605. The third kappa shape index (κ3) is 2.09. The van der Waals surface area contributed by atoms with Gasteiger partial charge in [-0.15, -0.1) is 0 Å². The van der Waals surface area contributed by atoms with Crippen molar-refractivity contribution >= 4 is 11.0 Å². The molecule has 2 N–H and O–H groups in total. The lowest BCUT2D eigenvalue weighted by atomic mass is 10.1. The number of nitrogens with zero attached hydrogens (tertiary/aromatic N) is 1. The lowest BCUT2D eigenvalue weighted by molar-refractivity contribution is 0.369. The molecule has 0 fully saturated rings. The van der Waals surface area contributed by atoms with Crippen molar-refractivity contribution in [2.75, 3.05) is 14.1 Å². The Morgan fingerprint density at radius 1 is 1.29 bits per heavy atom. The number of hydrogen-bond acceptors (Lipinski definition) is 5. The molecule has 5 nitrogen and oxygen atoms in total. The zero-order valence-electron chi connectivity index (χ0n) is 9.60. The molecular formula is C12H13NO4. The van der Waals surface area contributed by atoms with E-state index in [1.165, 1.54) is 12.1 Å². The minimum Gasteiger partial charge on any atom is -0.504 e. The van der Waals surface area contributed by atoms with Crippen molar-refractivity contribution in [3.05, 3.63) is 34.2 Å². The second-order valence-corrected chi connectivity index (χ2v) is 4.13. The Kier molecular flexibility index (Phi) is 2.77. The first-order valence-electron chi connectivity index (χ1n) is 5.11. The highest BCUT2D eigenvalue weighted by Crippen LogP contribution is 2.35. The average molecular weight is 235 g/mol. The molecule has 1 heterocycles. The van der Waals surface area contributed by atoms with Crippen molar-refractivity contribution in [2.45, 2.75) is 6.54 Å². The van der Waals surface area contributed by atoms with Crippen LogP contribution in [0.2, 0.25) is 0 Å². The normalized spacial score (nSPS) is 11.2. The minimum absolute atomic E-state index is 0.181. The van der Waals surface area contributed by atoms with Gasteiger partial charge in [-0.1, -0.05) is 0 Å². The molecule has 0 bridgehead atoms. The van der Waals surface area contributed by atoms with Gasteiger partial charge in [0.2, 0.25) is 0 Å². The van der Waals surface area contributed by atoms with Crippen molar-refractivity contribution in [3.63, 3.8) is 0 Å². The van der Waals surface area contributed by atoms with Crippen LogP contribution in [0.4, 0.5) is 0 Å². The van der Waals surface area contributed by atoms with E-state index in [1.807, 2.05) is 19.0 Å². The van der Waals surface area contributed by atoms with Crippen LogP contribution < -0.4 is 5.63 Å². The molecule has 0 atom stereocenters. The third-order valence-electron chi connectivity index (χ3n) is 2.46. The van der Waals surface area contributed by atoms with Crippen molar-refractivity contribution in [1.82, 2.24) is 4.90 Å². The van der Waals surface area contributed by atoms with Gasteiger partial charge in [0, 0.05) is 29.6 Å². The molecule has 2 aromatic rings. The summed E-state index contributed by atoms with van der Waals surface area (Å²) in [6, 6.07) is 4.11. The number of phenols is 2. The summed E-state index contributed by atoms with van der Waals surface area (Å²) in [4.78, 5) is 12.9. The summed E-state index contributed by atoms with van der Waals surface area (Å²) < 4.78 is 4.97. The molecule has 0 aliphatic heterocycles. The first kappa shape index (κ1) is 11.5. The Hall–Kier alpha value is -2.01. The van der Waals surface area contributed by atoms with E-state index in [2.05, 4.69) is 0 Å². The highest BCUT2D eigenvalue weighted by atomic mass is 16.4. The van der Waals surface area contributed by atoms with Gasteiger partial charge in [-0.25, -0.2) is 4.79 Å². The van der Waals surface area contributed by atoms with E-state index in [9.17, 15) is 15.0 Å². The molecule has 0 amide bonds. The Morgan fingerprint density at radius 2 is 2.00 bits per heavy atom. The first-order chi connectivity index (χ1) is 7.99. The van der Waals surface area contributed by atoms with Crippen molar-refractivity contribution in [1.29, 1.82) is 0 Å². The molecule has 1 aromatic carbocycles. The smallest absolute Gasteiger partial charge is 0.336 e. The summed E-state index contributed by atoms with van der Waals surface area (Å²) in [5.41, 5.74) is 0.316. The lowest BCUT2D eigenvalue weighted by Crippen LogP contribution is -2.11. The molecule has 90 valence electrons. The van der Waals surface area contributed by atoms with Crippen molar-refractivity contribution < 1.29 is 14.6 Å². The number of phenolic OH excluding ortho intramolecular Hbond substituents is 2. The molecule has 0 saturated heterocycles. The van der Waals surface area contributed by atoms with Crippen LogP contribution in [0.15, 0.2) is 27.4 Å². The van der Waals surface area contributed by atoms with Gasteiger partial charge in [-0.3, -0.25) is 0 Å². The maximum absolute atomic E-state index is 11.1. The highest BCUT2D eigenvalue weighted by molar-refractivity contribution is 5.85. The Bertz CT molecular complexity index is 616. The maximum atomic E-state index is 11.1. The highest BCUT2D eigenvalue weighted by Gasteiger charge is 2.14. The van der Waals surface area contributed by atoms with E-state index in [-0.39, 0.29) is 17.1 Å². The number of aromatic hydroxyl groups is 2. The van der Waals surface area contributed by atoms with E-state index in [1.54, 1.807) is 6.07 Å². The van der Waals surface area contributed by atoms with E-state index in [0.29, 0.717) is 17.5 Å². The Labute approximate surface area is 97.5 Å². The van der Waals surface area contributed by atoms with E-state index in [4.69, 9.17) is 4.42 Å². The molecule has 17 heavy (non-hydrogen) atoms. The summed E-state index contributed by atoms with van der Waals surface area (Å²) >= 11 is 0. The zero-order chi connectivity index (χ0) is 12.6. The minimum atomic E-state index is -0.488. The number of fused-ring (bicyclic) bond motifs is 1. The molecule has 0 spiro atoms. The number of hydrogen-bond donors (Lipinski definition) is 2. The molecule has 2 rings (SSSR count). The fraction of sp³-hybridized carbons (Fsp3) is 0.250. The molecule has 5 heteroatoms. The van der Waals surface area contributed by atoms with E-state index in [0.717, 1.165) is 0 Å². The molecule has 0 aliphatic rings. The molecule has 0 saturated carbocycles. The van der Waals surface area contributed by atoms with E-state index >= 15 is 0 Å². The third-order valence-corrected chi connectivity index (χ3v) is 2.46. The fourth-order valence-corrected chi connectivity index (χ4v) is 1.74. The second-order valence-electron chi connectivity index (χ2n) is 4.13. The van der Waals surface area contributed by atoms with Crippen LogP contribution in [-0.4, -0.2) is 29.2 Å². The molecule has 1 aromatic heterocycles. The standard InChI is InChI=1S/C12H13NO4/c1-13(2)6-8-7-3-4-11(15)17-10(7)5-9(14)12(8)16/h3-5,14,16H,6H2,1-2H3. The van der Waals surface area contributed by atoms with Gasteiger partial charge in [0.05, 0.1) is 0 Å². The summed E-state index contributed by atoms with van der Waals surface area (Å²) in [6.07, 6.45) is 0. The van der Waals surface area contributed by atoms with Crippen LogP contribution >= 0.6 is 0 Å². The summed E-state index contributed by atoms with van der Waals surface area (Å²) in [6.45, 7) is 0.435. The summed E-state index contributed by atoms with van der Waals surface area (Å²) in [5, 5.41) is 20.0. The van der Waals surface area contributed by atoms with Gasteiger partial charge in [-0.2, -0.15) is 0 Å². The van der Waals surface area contributed by atoms with E-state index < -0.39 is 5.63 Å². The predicted octanol–water partition coefficient (Wildman–Crippen LogP) is 1.27. The van der Waals surface area contributed by atoms with Gasteiger partial charge in [0.1, 0.15) is 5.58 Å². The van der Waals surface area contributed by atoms with Gasteiger partial charge in [0.15, 0.2) is 11.5 Å². The second kappa shape index (κ2) is 4.10. The summed E-state index contributed by atoms with van der Waals surface area (Å²) in [7, 11) is 3.68. The summed E-state index contributed by atoms with van der Waals surface area (Å²) in [5.74, 6) is -0.469. The van der Waals surface area contributed by atoms with Crippen LogP contribution in [0, 0.1) is 0 Å². The van der Waals surface area contributed by atoms with Crippen molar-refractivity contribution in [3.8, 4) is 11.5 Å². The fourth-order valence-electron chi connectivity index (χ4n) is 1.74. The Morgan fingerprint density at radius 3 is 2.65 bits per heavy atom. The maximum Gasteiger partial charge on any atom is 0.336 e. The van der Waals surface area contributed by atoms with Crippen LogP contribution in [0.5, 0.6) is 11.5 Å². The zero-order valence-corrected chi connectivity index (χ0v) is 9.60. The van der Waals surface area contributed by atoms with Crippen LogP contribution in [-0.2, 0) is 6.54 Å². The predicted molar refractivity (Wildman–Crippen MR) is 63.2 cm³/mol. The monoisotopic (exact) mass is 235 g/mol. The van der Waals surface area contributed by atoms with Gasteiger partial charge in [-0.05, 0) is 20.2 Å². The van der Waals surface area contributed by atoms with Crippen LogP contribution in [0.1, 0.15) is 5.56 Å². The van der Waals surface area contributed by atoms with Crippen LogP contribution in [0.25, 0.3) is 11.0 Å². The number of rotatable bonds is 2. The molecular weight excluding hydrogens is 222 g/mol. The molecule has 0 unspecified atom stereocenters. The molecule has 0 radical (unpaired) electrons.